The van der Waals surface area contributed by atoms with E-state index in [9.17, 15) is 14.7 Å². The number of carbonyl (C=O) groups is 2. The summed E-state index contributed by atoms with van der Waals surface area (Å²) in [6.45, 7) is 3.43. The van der Waals surface area contributed by atoms with Gasteiger partial charge in [-0.2, -0.15) is 11.8 Å². The highest BCUT2D eigenvalue weighted by Gasteiger charge is 2.48. The Hall–Kier alpha value is -0.710. The number of hydrogen-bond acceptors (Lipinski definition) is 3. The molecule has 0 aromatic rings. The molecule has 0 heterocycles. The van der Waals surface area contributed by atoms with Crippen molar-refractivity contribution in [3.05, 3.63) is 0 Å². The first-order valence-electron chi connectivity index (χ1n) is 5.46. The Labute approximate surface area is 100 Å². The molecule has 1 aliphatic carbocycles. The van der Waals surface area contributed by atoms with Gasteiger partial charge in [-0.15, -0.1) is 0 Å². The fourth-order valence-electron chi connectivity index (χ4n) is 1.70. The van der Waals surface area contributed by atoms with Gasteiger partial charge in [0.2, 0.25) is 5.91 Å². The van der Waals surface area contributed by atoms with Gasteiger partial charge in [0.15, 0.2) is 0 Å². The lowest BCUT2D eigenvalue weighted by Crippen LogP contribution is -2.55. The molecule has 0 spiro atoms. The van der Waals surface area contributed by atoms with Crippen LogP contribution in [0.4, 0.5) is 0 Å². The van der Waals surface area contributed by atoms with Crippen LogP contribution in [0.3, 0.4) is 0 Å². The number of thioether (sulfide) groups is 1. The molecule has 4 nitrogen and oxygen atoms in total. The van der Waals surface area contributed by atoms with Gasteiger partial charge in [-0.1, -0.05) is 6.92 Å². The second-order valence-corrected chi connectivity index (χ2v) is 5.54. The largest absolute Gasteiger partial charge is 0.480 e. The molecular weight excluding hydrogens is 226 g/mol. The number of rotatable bonds is 6. The minimum absolute atomic E-state index is 0.0930. The average Bonchev–Trinajstić information content (AvgIpc) is 3.00. The van der Waals surface area contributed by atoms with Crippen LogP contribution in [0.25, 0.3) is 0 Å². The lowest BCUT2D eigenvalue weighted by Gasteiger charge is -2.27. The van der Waals surface area contributed by atoms with Crippen molar-refractivity contribution < 1.29 is 14.7 Å². The third-order valence-electron chi connectivity index (χ3n) is 3.09. The van der Waals surface area contributed by atoms with E-state index in [1.165, 1.54) is 0 Å². The van der Waals surface area contributed by atoms with Crippen LogP contribution in [-0.2, 0) is 9.59 Å². The summed E-state index contributed by atoms with van der Waals surface area (Å²) in [5.41, 5.74) is -1.08. The van der Waals surface area contributed by atoms with E-state index in [2.05, 4.69) is 5.32 Å². The topological polar surface area (TPSA) is 66.4 Å². The Bertz CT molecular complexity index is 291. The predicted molar refractivity (Wildman–Crippen MR) is 64.5 cm³/mol. The third-order valence-corrected chi connectivity index (χ3v) is 3.92. The van der Waals surface area contributed by atoms with E-state index < -0.39 is 11.5 Å². The van der Waals surface area contributed by atoms with E-state index >= 15 is 0 Å². The van der Waals surface area contributed by atoms with Gasteiger partial charge in [0.1, 0.15) is 5.54 Å². The maximum absolute atomic E-state index is 11.8. The molecule has 1 aliphatic rings. The van der Waals surface area contributed by atoms with Gasteiger partial charge in [-0.05, 0) is 31.9 Å². The zero-order valence-electron chi connectivity index (χ0n) is 9.95. The molecule has 1 amide bonds. The van der Waals surface area contributed by atoms with E-state index in [4.69, 9.17) is 0 Å². The van der Waals surface area contributed by atoms with Crippen molar-refractivity contribution in [1.29, 1.82) is 0 Å². The zero-order valence-corrected chi connectivity index (χ0v) is 10.8. The van der Waals surface area contributed by atoms with Gasteiger partial charge in [-0.3, -0.25) is 4.79 Å². The summed E-state index contributed by atoms with van der Waals surface area (Å²) >= 11 is 1.59. The summed E-state index contributed by atoms with van der Waals surface area (Å²) in [4.78, 5) is 23.0. The van der Waals surface area contributed by atoms with E-state index in [-0.39, 0.29) is 17.7 Å². The lowest BCUT2D eigenvalue weighted by molar-refractivity contribution is -0.148. The molecular formula is C11H19NO3S. The van der Waals surface area contributed by atoms with E-state index in [0.29, 0.717) is 5.75 Å². The number of hydrogen-bond donors (Lipinski definition) is 2. The molecule has 0 aromatic heterocycles. The number of aliphatic carboxylic acids is 1. The smallest absolute Gasteiger partial charge is 0.329 e. The van der Waals surface area contributed by atoms with E-state index in [1.54, 1.807) is 18.7 Å². The first-order chi connectivity index (χ1) is 7.41. The zero-order chi connectivity index (χ0) is 12.3. The number of carboxylic acids is 1. The quantitative estimate of drug-likeness (QED) is 0.741. The van der Waals surface area contributed by atoms with Crippen LogP contribution in [0.1, 0.15) is 26.7 Å². The minimum Gasteiger partial charge on any atom is -0.480 e. The number of carbonyl (C=O) groups excluding carboxylic acids is 1. The summed E-state index contributed by atoms with van der Waals surface area (Å²) in [7, 11) is 0. The normalized spacial score (nSPS) is 20.9. The molecule has 2 atom stereocenters. The van der Waals surface area contributed by atoms with Gasteiger partial charge in [0, 0.05) is 11.7 Å². The molecule has 0 radical (unpaired) electrons. The molecule has 2 unspecified atom stereocenters. The highest BCUT2D eigenvalue weighted by molar-refractivity contribution is 7.98. The number of nitrogens with one attached hydrogen (secondary N) is 1. The van der Waals surface area contributed by atoms with Crippen molar-refractivity contribution in [2.24, 2.45) is 11.8 Å². The first-order valence-corrected chi connectivity index (χ1v) is 6.85. The molecule has 0 aromatic carbocycles. The molecule has 1 fully saturated rings. The van der Waals surface area contributed by atoms with Crippen molar-refractivity contribution in [2.45, 2.75) is 32.2 Å². The monoisotopic (exact) mass is 245 g/mol. The first kappa shape index (κ1) is 13.4. The van der Waals surface area contributed by atoms with Gasteiger partial charge >= 0.3 is 5.97 Å². The maximum atomic E-state index is 11.8. The van der Waals surface area contributed by atoms with Crippen LogP contribution >= 0.6 is 11.8 Å². The van der Waals surface area contributed by atoms with Crippen molar-refractivity contribution in [3.8, 4) is 0 Å². The Balaban J connectivity index is 2.62. The highest BCUT2D eigenvalue weighted by atomic mass is 32.2. The molecule has 1 rings (SSSR count). The van der Waals surface area contributed by atoms with Crippen molar-refractivity contribution in [1.82, 2.24) is 5.32 Å². The molecule has 0 saturated heterocycles. The third kappa shape index (κ3) is 2.90. The van der Waals surface area contributed by atoms with Gasteiger partial charge in [0.25, 0.3) is 0 Å². The van der Waals surface area contributed by atoms with Gasteiger partial charge in [-0.25, -0.2) is 4.79 Å². The van der Waals surface area contributed by atoms with Crippen molar-refractivity contribution in [2.75, 3.05) is 12.0 Å². The second kappa shape index (κ2) is 5.08. The Kier molecular flexibility index (Phi) is 4.24. The van der Waals surface area contributed by atoms with Gasteiger partial charge in [0.05, 0.1) is 0 Å². The second-order valence-electron chi connectivity index (χ2n) is 4.63. The van der Waals surface area contributed by atoms with E-state index in [1.807, 2.05) is 13.2 Å². The summed E-state index contributed by atoms with van der Waals surface area (Å²) in [6.07, 6.45) is 3.71. The molecule has 1 saturated carbocycles. The molecule has 5 heteroatoms. The standard InChI is InChI=1S/C11H19NO3S/c1-7(6-16-3)9(13)12-11(2,10(14)15)8-4-5-8/h7-8H,4-6H2,1-3H3,(H,12,13)(H,14,15). The molecule has 0 bridgehead atoms. The van der Waals surface area contributed by atoms with Crippen LogP contribution in [0.15, 0.2) is 0 Å². The Morgan fingerprint density at radius 2 is 2.12 bits per heavy atom. The Morgan fingerprint density at radius 3 is 2.50 bits per heavy atom. The van der Waals surface area contributed by atoms with Crippen LogP contribution in [0.5, 0.6) is 0 Å². The van der Waals surface area contributed by atoms with Crippen LogP contribution in [-0.4, -0.2) is 34.5 Å². The van der Waals surface area contributed by atoms with Crippen LogP contribution in [0.2, 0.25) is 0 Å². The van der Waals surface area contributed by atoms with Gasteiger partial charge < -0.3 is 10.4 Å². The number of amides is 1. The summed E-state index contributed by atoms with van der Waals surface area (Å²) in [6, 6.07) is 0. The van der Waals surface area contributed by atoms with E-state index in [0.717, 1.165) is 12.8 Å². The molecule has 0 aliphatic heterocycles. The average molecular weight is 245 g/mol. The SMILES string of the molecule is CSCC(C)C(=O)NC(C)(C(=O)O)C1CC1. The lowest BCUT2D eigenvalue weighted by atomic mass is 9.95. The molecule has 16 heavy (non-hydrogen) atoms. The molecule has 2 N–H and O–H groups in total. The summed E-state index contributed by atoms with van der Waals surface area (Å²) < 4.78 is 0. The Morgan fingerprint density at radius 1 is 1.56 bits per heavy atom. The highest BCUT2D eigenvalue weighted by Crippen LogP contribution is 2.39. The van der Waals surface area contributed by atoms with Crippen LogP contribution < -0.4 is 5.32 Å². The van der Waals surface area contributed by atoms with Crippen molar-refractivity contribution >= 4 is 23.6 Å². The fourth-order valence-corrected chi connectivity index (χ4v) is 2.35. The molecule has 92 valence electrons. The minimum atomic E-state index is -1.08. The van der Waals surface area contributed by atoms with Crippen LogP contribution in [0, 0.1) is 11.8 Å². The predicted octanol–water partition coefficient (Wildman–Crippen LogP) is 1.35. The summed E-state index contributed by atoms with van der Waals surface area (Å²) in [5, 5.41) is 11.9. The fraction of sp³-hybridized carbons (Fsp3) is 0.818. The van der Waals surface area contributed by atoms with Crippen molar-refractivity contribution in [3.63, 3.8) is 0 Å². The maximum Gasteiger partial charge on any atom is 0.329 e. The number of carboxylic acid groups (broad SMARTS) is 1. The summed E-state index contributed by atoms with van der Waals surface area (Å²) in [5.74, 6) is -0.430.